The number of esters is 1. The maximum absolute atomic E-state index is 12.1. The van der Waals surface area contributed by atoms with Gasteiger partial charge in [-0.1, -0.05) is 15.9 Å². The first-order chi connectivity index (χ1) is 10.9. The third kappa shape index (κ3) is 3.52. The van der Waals surface area contributed by atoms with E-state index >= 15 is 0 Å². The van der Waals surface area contributed by atoms with Crippen molar-refractivity contribution >= 4 is 33.2 Å². The Balaban J connectivity index is 2.64. The van der Waals surface area contributed by atoms with Crippen LogP contribution in [0.3, 0.4) is 0 Å². The van der Waals surface area contributed by atoms with Gasteiger partial charge in [0.25, 0.3) is 5.69 Å². The van der Waals surface area contributed by atoms with E-state index in [0.717, 1.165) is 0 Å². The Labute approximate surface area is 141 Å². The van der Waals surface area contributed by atoms with Gasteiger partial charge in [-0.3, -0.25) is 25.3 Å². The lowest BCUT2D eigenvalue weighted by molar-refractivity contribution is -0.385. The van der Waals surface area contributed by atoms with Crippen molar-refractivity contribution < 1.29 is 19.3 Å². The SMILES string of the molecule is CCOC(=O)C1=C(c2ccc(Br)cc2[N+](=O)[O-])C(N(C)C)ON1. The van der Waals surface area contributed by atoms with E-state index in [-0.39, 0.29) is 18.0 Å². The molecule has 1 aliphatic heterocycles. The van der Waals surface area contributed by atoms with Gasteiger partial charge in [0, 0.05) is 16.1 Å². The number of nitrogens with zero attached hydrogens (tertiary/aromatic N) is 2. The molecule has 0 aliphatic carbocycles. The van der Waals surface area contributed by atoms with E-state index in [9.17, 15) is 14.9 Å². The highest BCUT2D eigenvalue weighted by molar-refractivity contribution is 9.10. The summed E-state index contributed by atoms with van der Waals surface area (Å²) in [4.78, 5) is 30.1. The topological polar surface area (TPSA) is 93.9 Å². The smallest absolute Gasteiger partial charge is 0.357 e. The molecular weight excluding hydrogens is 370 g/mol. The predicted molar refractivity (Wildman–Crippen MR) is 86.0 cm³/mol. The number of hydrogen-bond donors (Lipinski definition) is 1. The molecule has 0 saturated carbocycles. The quantitative estimate of drug-likeness (QED) is 0.470. The fourth-order valence-corrected chi connectivity index (χ4v) is 2.57. The molecule has 0 saturated heterocycles. The normalized spacial score (nSPS) is 17.3. The van der Waals surface area contributed by atoms with Crippen molar-refractivity contribution in [3.63, 3.8) is 0 Å². The highest BCUT2D eigenvalue weighted by atomic mass is 79.9. The highest BCUT2D eigenvalue weighted by Gasteiger charge is 2.37. The van der Waals surface area contributed by atoms with Crippen LogP contribution >= 0.6 is 15.9 Å². The number of nitro groups is 1. The van der Waals surface area contributed by atoms with E-state index in [0.29, 0.717) is 15.6 Å². The minimum atomic E-state index is -0.658. The molecule has 8 nitrogen and oxygen atoms in total. The van der Waals surface area contributed by atoms with Crippen LogP contribution in [0.4, 0.5) is 5.69 Å². The van der Waals surface area contributed by atoms with Crippen LogP contribution in [0.5, 0.6) is 0 Å². The second kappa shape index (κ2) is 7.07. The number of nitrogens with one attached hydrogen (secondary N) is 1. The number of likely N-dealkylation sites (N-methyl/N-ethyl adjacent to an activating group) is 1. The van der Waals surface area contributed by atoms with Crippen LogP contribution in [0.25, 0.3) is 5.57 Å². The van der Waals surface area contributed by atoms with Crippen molar-refractivity contribution in [1.29, 1.82) is 0 Å². The van der Waals surface area contributed by atoms with Gasteiger partial charge in [0.15, 0.2) is 11.9 Å². The van der Waals surface area contributed by atoms with E-state index in [1.54, 1.807) is 38.1 Å². The molecule has 0 amide bonds. The predicted octanol–water partition coefficient (Wildman–Crippen LogP) is 2.05. The molecule has 23 heavy (non-hydrogen) atoms. The third-order valence-corrected chi connectivity index (χ3v) is 3.68. The number of carbonyl (C=O) groups is 1. The third-order valence-electron chi connectivity index (χ3n) is 3.18. The van der Waals surface area contributed by atoms with Crippen molar-refractivity contribution in [1.82, 2.24) is 10.4 Å². The number of halogens is 1. The Kier molecular flexibility index (Phi) is 5.34. The number of hydroxylamine groups is 1. The summed E-state index contributed by atoms with van der Waals surface area (Å²) in [5.41, 5.74) is 3.13. The number of rotatable bonds is 5. The summed E-state index contributed by atoms with van der Waals surface area (Å²) < 4.78 is 5.56. The zero-order chi connectivity index (χ0) is 17.1. The molecular formula is C14H16BrN3O5. The van der Waals surface area contributed by atoms with Gasteiger partial charge >= 0.3 is 5.97 Å². The second-order valence-electron chi connectivity index (χ2n) is 4.96. The maximum atomic E-state index is 12.1. The summed E-state index contributed by atoms with van der Waals surface area (Å²) in [6.07, 6.45) is -0.658. The van der Waals surface area contributed by atoms with Gasteiger partial charge < -0.3 is 4.74 Å². The summed E-state index contributed by atoms with van der Waals surface area (Å²) in [6.45, 7) is 1.87. The molecule has 2 rings (SSSR count). The number of carbonyl (C=O) groups excluding carboxylic acids is 1. The Hall–Kier alpha value is -1.97. The summed E-state index contributed by atoms with van der Waals surface area (Å²) in [5.74, 6) is -0.621. The molecule has 0 bridgehead atoms. The summed E-state index contributed by atoms with van der Waals surface area (Å²) in [7, 11) is 3.48. The van der Waals surface area contributed by atoms with Crippen LogP contribution in [-0.2, 0) is 14.4 Å². The summed E-state index contributed by atoms with van der Waals surface area (Å²) >= 11 is 3.22. The van der Waals surface area contributed by atoms with Crippen molar-refractivity contribution in [2.45, 2.75) is 13.2 Å². The molecule has 1 aliphatic rings. The maximum Gasteiger partial charge on any atom is 0.357 e. The summed E-state index contributed by atoms with van der Waals surface area (Å²) in [6, 6.07) is 4.63. The Morgan fingerprint density at radius 3 is 2.78 bits per heavy atom. The minimum absolute atomic E-state index is 0.0657. The van der Waals surface area contributed by atoms with Gasteiger partial charge in [-0.2, -0.15) is 0 Å². The largest absolute Gasteiger partial charge is 0.461 e. The Bertz CT molecular complexity index is 674. The highest BCUT2D eigenvalue weighted by Crippen LogP contribution is 2.36. The molecule has 1 aromatic carbocycles. The number of ether oxygens (including phenoxy) is 1. The van der Waals surface area contributed by atoms with Gasteiger partial charge in [0.05, 0.1) is 17.1 Å². The Morgan fingerprint density at radius 2 is 2.22 bits per heavy atom. The van der Waals surface area contributed by atoms with Crippen molar-refractivity contribution in [3.05, 3.63) is 44.0 Å². The molecule has 0 radical (unpaired) electrons. The molecule has 0 fully saturated rings. The molecule has 1 aromatic rings. The molecule has 0 aromatic heterocycles. The van der Waals surface area contributed by atoms with Gasteiger partial charge in [-0.15, -0.1) is 0 Å². The molecule has 9 heteroatoms. The van der Waals surface area contributed by atoms with Crippen LogP contribution in [-0.4, -0.2) is 42.7 Å². The first-order valence-corrected chi connectivity index (χ1v) is 7.59. The zero-order valence-corrected chi connectivity index (χ0v) is 14.4. The zero-order valence-electron chi connectivity index (χ0n) is 12.8. The van der Waals surface area contributed by atoms with Crippen LogP contribution in [0.1, 0.15) is 12.5 Å². The van der Waals surface area contributed by atoms with Crippen LogP contribution in [0, 0.1) is 10.1 Å². The van der Waals surface area contributed by atoms with Crippen molar-refractivity contribution in [2.75, 3.05) is 20.7 Å². The first kappa shape index (κ1) is 17.4. The van der Waals surface area contributed by atoms with Gasteiger partial charge in [-0.25, -0.2) is 4.79 Å². The number of hydrogen-bond acceptors (Lipinski definition) is 7. The second-order valence-corrected chi connectivity index (χ2v) is 5.88. The average Bonchev–Trinajstić information content (AvgIpc) is 2.92. The monoisotopic (exact) mass is 385 g/mol. The van der Waals surface area contributed by atoms with E-state index in [1.165, 1.54) is 6.07 Å². The molecule has 1 unspecified atom stereocenters. The van der Waals surface area contributed by atoms with Crippen LogP contribution in [0.2, 0.25) is 0 Å². The molecule has 1 heterocycles. The van der Waals surface area contributed by atoms with Gasteiger partial charge in [-0.05, 0) is 33.2 Å². The molecule has 1 atom stereocenters. The van der Waals surface area contributed by atoms with Crippen LogP contribution < -0.4 is 5.48 Å². The van der Waals surface area contributed by atoms with Crippen molar-refractivity contribution in [2.24, 2.45) is 0 Å². The minimum Gasteiger partial charge on any atom is -0.461 e. The standard InChI is InChI=1S/C14H16BrN3O5/c1-4-22-14(19)12-11(13(17(2)3)23-16-12)9-6-5-8(15)7-10(9)18(20)21/h5-7,13,16H,4H2,1-3H3. The van der Waals surface area contributed by atoms with E-state index < -0.39 is 17.1 Å². The van der Waals surface area contributed by atoms with E-state index in [1.807, 2.05) is 0 Å². The molecule has 1 N–H and O–H groups in total. The Morgan fingerprint density at radius 1 is 1.52 bits per heavy atom. The molecule has 0 spiro atoms. The average molecular weight is 386 g/mol. The van der Waals surface area contributed by atoms with E-state index in [2.05, 4.69) is 21.4 Å². The molecule has 124 valence electrons. The first-order valence-electron chi connectivity index (χ1n) is 6.80. The lowest BCUT2D eigenvalue weighted by Crippen LogP contribution is -2.30. The van der Waals surface area contributed by atoms with Crippen LogP contribution in [0.15, 0.2) is 28.4 Å². The fraction of sp³-hybridized carbons (Fsp3) is 0.357. The van der Waals surface area contributed by atoms with Gasteiger partial charge in [0.1, 0.15) is 0 Å². The summed E-state index contributed by atoms with van der Waals surface area (Å²) in [5, 5.41) is 11.4. The lowest BCUT2D eigenvalue weighted by atomic mass is 10.00. The number of nitro benzene ring substituents is 1. The van der Waals surface area contributed by atoms with Crippen molar-refractivity contribution in [3.8, 4) is 0 Å². The van der Waals surface area contributed by atoms with E-state index in [4.69, 9.17) is 9.57 Å². The fourth-order valence-electron chi connectivity index (χ4n) is 2.22. The van der Waals surface area contributed by atoms with Gasteiger partial charge in [0.2, 0.25) is 0 Å². The lowest BCUT2D eigenvalue weighted by Gasteiger charge is -2.20. The number of benzene rings is 1.